The molecule has 0 saturated heterocycles. The zero-order chi connectivity index (χ0) is 22.0. The van der Waals surface area contributed by atoms with Crippen LogP contribution in [0.5, 0.6) is 17.2 Å². The first-order valence-electron chi connectivity index (χ1n) is 9.84. The molecular weight excluding hydrogens is 384 g/mol. The van der Waals surface area contributed by atoms with Gasteiger partial charge in [-0.2, -0.15) is 0 Å². The molecule has 3 aromatic rings. The Bertz CT molecular complexity index is 1140. The maximum atomic E-state index is 12.9. The number of carbonyl (C=O) groups is 1. The molecule has 0 amide bonds. The van der Waals surface area contributed by atoms with E-state index >= 15 is 0 Å². The zero-order valence-corrected chi connectivity index (χ0v) is 18.1. The molecule has 30 heavy (non-hydrogen) atoms. The van der Waals surface area contributed by atoms with E-state index in [0.717, 1.165) is 16.7 Å². The van der Waals surface area contributed by atoms with Crippen molar-refractivity contribution in [1.29, 1.82) is 0 Å². The van der Waals surface area contributed by atoms with Crippen molar-refractivity contribution in [2.45, 2.75) is 53.8 Å². The smallest absolute Gasteiger partial charge is 0.347 e. The minimum Gasteiger partial charge on any atom is -0.479 e. The fourth-order valence-corrected chi connectivity index (χ4v) is 3.04. The van der Waals surface area contributed by atoms with E-state index in [2.05, 4.69) is 6.07 Å². The monoisotopic (exact) mass is 410 g/mol. The molecule has 158 valence electrons. The Morgan fingerprint density at radius 3 is 2.43 bits per heavy atom. The van der Waals surface area contributed by atoms with Crippen LogP contribution < -0.4 is 14.9 Å². The van der Waals surface area contributed by atoms with E-state index in [1.54, 1.807) is 39.0 Å². The molecular formula is C24H26O6. The van der Waals surface area contributed by atoms with Crippen LogP contribution in [0.25, 0.3) is 11.0 Å². The van der Waals surface area contributed by atoms with Crippen LogP contribution >= 0.6 is 0 Å². The second-order valence-corrected chi connectivity index (χ2v) is 7.64. The van der Waals surface area contributed by atoms with Gasteiger partial charge in [-0.25, -0.2) is 4.79 Å². The van der Waals surface area contributed by atoms with Crippen LogP contribution in [-0.2, 0) is 9.53 Å². The molecule has 0 N–H and O–H groups in total. The van der Waals surface area contributed by atoms with Crippen molar-refractivity contribution in [1.82, 2.24) is 0 Å². The van der Waals surface area contributed by atoms with Crippen molar-refractivity contribution in [3.63, 3.8) is 0 Å². The van der Waals surface area contributed by atoms with Crippen molar-refractivity contribution >= 4 is 16.9 Å². The molecule has 0 aliphatic rings. The van der Waals surface area contributed by atoms with Crippen LogP contribution in [0.3, 0.4) is 0 Å². The molecule has 0 spiro atoms. The first kappa shape index (κ1) is 21.4. The summed E-state index contributed by atoms with van der Waals surface area (Å²) in [5.41, 5.74) is 3.15. The van der Waals surface area contributed by atoms with Gasteiger partial charge in [-0.3, -0.25) is 4.79 Å². The summed E-state index contributed by atoms with van der Waals surface area (Å²) in [5, 5.41) is 0.360. The Morgan fingerprint density at radius 1 is 1.00 bits per heavy atom. The number of carbonyl (C=O) groups excluding carboxylic acids is 1. The van der Waals surface area contributed by atoms with Gasteiger partial charge >= 0.3 is 5.97 Å². The minimum absolute atomic E-state index is 0.109. The predicted octanol–water partition coefficient (Wildman–Crippen LogP) is 5.23. The largest absolute Gasteiger partial charge is 0.479 e. The maximum absolute atomic E-state index is 12.9. The van der Waals surface area contributed by atoms with Crippen LogP contribution in [-0.4, -0.2) is 18.2 Å². The molecule has 0 saturated carbocycles. The predicted molar refractivity (Wildman–Crippen MR) is 115 cm³/mol. The lowest BCUT2D eigenvalue weighted by atomic mass is 10.1. The molecule has 6 heteroatoms. The first-order valence-corrected chi connectivity index (χ1v) is 9.84. The van der Waals surface area contributed by atoms with Crippen LogP contribution in [0.4, 0.5) is 0 Å². The van der Waals surface area contributed by atoms with E-state index in [4.69, 9.17) is 18.6 Å². The fraction of sp³-hybridized carbons (Fsp3) is 0.333. The lowest BCUT2D eigenvalue weighted by Crippen LogP contribution is -2.28. The van der Waals surface area contributed by atoms with Crippen LogP contribution in [0.15, 0.2) is 45.8 Å². The molecule has 0 aliphatic heterocycles. The molecule has 0 unspecified atom stereocenters. The first-order chi connectivity index (χ1) is 14.2. The number of hydrogen-bond donors (Lipinski definition) is 0. The second kappa shape index (κ2) is 8.61. The number of rotatable bonds is 6. The summed E-state index contributed by atoms with van der Waals surface area (Å²) in [6.45, 7) is 11.1. The van der Waals surface area contributed by atoms with Crippen molar-refractivity contribution in [3.05, 3.63) is 63.5 Å². The van der Waals surface area contributed by atoms with Gasteiger partial charge in [-0.05, 0) is 76.4 Å². The van der Waals surface area contributed by atoms with Gasteiger partial charge in [0, 0.05) is 6.07 Å². The summed E-state index contributed by atoms with van der Waals surface area (Å²) < 4.78 is 22.3. The van der Waals surface area contributed by atoms with Gasteiger partial charge in [0.15, 0.2) is 6.10 Å². The summed E-state index contributed by atoms with van der Waals surface area (Å²) in [7, 11) is 0. The number of hydrogen-bond acceptors (Lipinski definition) is 6. The van der Waals surface area contributed by atoms with Crippen LogP contribution in [0, 0.1) is 20.8 Å². The molecule has 0 aliphatic carbocycles. The van der Waals surface area contributed by atoms with Gasteiger partial charge in [-0.1, -0.05) is 6.07 Å². The van der Waals surface area contributed by atoms with E-state index < -0.39 is 12.1 Å². The van der Waals surface area contributed by atoms with E-state index in [9.17, 15) is 9.59 Å². The summed E-state index contributed by atoms with van der Waals surface area (Å²) >= 11 is 0. The highest BCUT2D eigenvalue weighted by Gasteiger charge is 2.19. The van der Waals surface area contributed by atoms with Crippen molar-refractivity contribution < 1.29 is 23.4 Å². The third-order valence-electron chi connectivity index (χ3n) is 4.70. The second-order valence-electron chi connectivity index (χ2n) is 7.64. The van der Waals surface area contributed by atoms with Crippen molar-refractivity contribution in [3.8, 4) is 17.2 Å². The quantitative estimate of drug-likeness (QED) is 0.518. The van der Waals surface area contributed by atoms with Crippen LogP contribution in [0.1, 0.15) is 37.5 Å². The molecule has 6 nitrogen and oxygen atoms in total. The van der Waals surface area contributed by atoms with E-state index in [1.807, 2.05) is 26.8 Å². The van der Waals surface area contributed by atoms with Gasteiger partial charge in [0.25, 0.3) is 0 Å². The van der Waals surface area contributed by atoms with Crippen molar-refractivity contribution in [2.24, 2.45) is 0 Å². The molecule has 0 radical (unpaired) electrons. The number of benzene rings is 2. The standard InChI is InChI=1S/C24H26O6/c1-13(2)28-24(26)17(6)29-18-7-8-19-21(11-18)27-12-22(23(19)25)30-20-10-14(3)9-15(4)16(20)5/h7-13,17H,1-6H3/t17-/m1/s1. The minimum atomic E-state index is -0.785. The Labute approximate surface area is 175 Å². The summed E-state index contributed by atoms with van der Waals surface area (Å²) in [6, 6.07) is 8.73. The number of aryl methyl sites for hydroxylation is 2. The average Bonchev–Trinajstić information content (AvgIpc) is 2.67. The van der Waals surface area contributed by atoms with Gasteiger partial charge in [-0.15, -0.1) is 0 Å². The Hall–Kier alpha value is -3.28. The molecule has 1 aromatic heterocycles. The van der Waals surface area contributed by atoms with Gasteiger partial charge in [0.2, 0.25) is 11.2 Å². The Kier molecular flexibility index (Phi) is 6.15. The lowest BCUT2D eigenvalue weighted by Gasteiger charge is -2.16. The van der Waals surface area contributed by atoms with Crippen LogP contribution in [0.2, 0.25) is 0 Å². The number of ether oxygens (including phenoxy) is 3. The summed E-state index contributed by atoms with van der Waals surface area (Å²) in [6.07, 6.45) is 0.284. The van der Waals surface area contributed by atoms with E-state index in [1.165, 1.54) is 6.26 Å². The molecule has 0 fully saturated rings. The lowest BCUT2D eigenvalue weighted by molar-refractivity contribution is -0.154. The molecule has 1 atom stereocenters. The molecule has 1 heterocycles. The SMILES string of the molecule is Cc1cc(C)c(C)c(Oc2coc3cc(O[C@H](C)C(=O)OC(C)C)ccc3c2=O)c1. The maximum Gasteiger partial charge on any atom is 0.347 e. The molecule has 2 aromatic carbocycles. The highest BCUT2D eigenvalue weighted by molar-refractivity contribution is 5.79. The topological polar surface area (TPSA) is 75.0 Å². The third kappa shape index (κ3) is 4.64. The zero-order valence-electron chi connectivity index (χ0n) is 18.1. The summed E-state index contributed by atoms with van der Waals surface area (Å²) in [5.74, 6) is 0.673. The van der Waals surface area contributed by atoms with Gasteiger partial charge in [0.05, 0.1) is 11.5 Å². The molecule has 0 bridgehead atoms. The Morgan fingerprint density at radius 2 is 1.73 bits per heavy atom. The van der Waals surface area contributed by atoms with Crippen molar-refractivity contribution in [2.75, 3.05) is 0 Å². The summed E-state index contributed by atoms with van der Waals surface area (Å²) in [4.78, 5) is 24.8. The van der Waals surface area contributed by atoms with E-state index in [0.29, 0.717) is 22.5 Å². The molecule has 3 rings (SSSR count). The average molecular weight is 410 g/mol. The van der Waals surface area contributed by atoms with E-state index in [-0.39, 0.29) is 17.3 Å². The van der Waals surface area contributed by atoms with Gasteiger partial charge < -0.3 is 18.6 Å². The highest BCUT2D eigenvalue weighted by Crippen LogP contribution is 2.29. The normalized spacial score (nSPS) is 12.1. The number of esters is 1. The highest BCUT2D eigenvalue weighted by atomic mass is 16.6. The third-order valence-corrected chi connectivity index (χ3v) is 4.70. The number of fused-ring (bicyclic) bond motifs is 1. The fourth-order valence-electron chi connectivity index (χ4n) is 3.04. The van der Waals surface area contributed by atoms with Gasteiger partial charge in [0.1, 0.15) is 23.3 Å². The Balaban J connectivity index is 1.87.